The molecule has 1 aliphatic rings. The summed E-state index contributed by atoms with van der Waals surface area (Å²) in [5.41, 5.74) is 1.60. The monoisotopic (exact) mass is 396 g/mol. The Morgan fingerprint density at radius 2 is 1.86 bits per heavy atom. The third kappa shape index (κ3) is 4.43. The van der Waals surface area contributed by atoms with Crippen molar-refractivity contribution < 1.29 is 19.4 Å². The topological polar surface area (TPSA) is 79.2 Å². The first-order valence-electron chi connectivity index (χ1n) is 8.70. The molecule has 1 fully saturated rings. The lowest BCUT2D eigenvalue weighted by Crippen LogP contribution is -2.23. The molecule has 0 bridgehead atoms. The van der Waals surface area contributed by atoms with Crippen LogP contribution in [0.1, 0.15) is 29.8 Å². The van der Waals surface area contributed by atoms with Crippen molar-refractivity contribution in [2.24, 2.45) is 4.99 Å². The summed E-state index contributed by atoms with van der Waals surface area (Å²) < 4.78 is 5.81. The van der Waals surface area contributed by atoms with Crippen LogP contribution in [0, 0.1) is 0 Å². The molecule has 28 heavy (non-hydrogen) atoms. The fraction of sp³-hybridized carbons (Fsp3) is 0.190. The molecule has 0 unspecified atom stereocenters. The van der Waals surface area contributed by atoms with Gasteiger partial charge in [0.1, 0.15) is 5.75 Å². The maximum absolute atomic E-state index is 12.6. The maximum Gasteiger partial charge on any atom is 0.335 e. The number of carboxylic acids is 1. The van der Waals surface area contributed by atoms with Crippen molar-refractivity contribution in [2.75, 3.05) is 7.05 Å². The molecule has 3 rings (SSSR count). The molecule has 6 nitrogen and oxygen atoms in total. The van der Waals surface area contributed by atoms with Crippen LogP contribution in [-0.2, 0) is 4.79 Å². The first-order chi connectivity index (χ1) is 13.3. The van der Waals surface area contributed by atoms with Crippen LogP contribution < -0.4 is 4.74 Å². The molecule has 0 aliphatic carbocycles. The molecule has 1 aliphatic heterocycles. The van der Waals surface area contributed by atoms with Crippen molar-refractivity contribution >= 4 is 40.6 Å². The SMILES string of the molecule is CC(C)Oc1ccccc1/C=C1/SC(=Nc2ccc(C(=O)O)cc2)N(C)C1=O. The van der Waals surface area contributed by atoms with Gasteiger partial charge in [-0.15, -0.1) is 0 Å². The number of amides is 1. The minimum atomic E-state index is -0.991. The molecule has 1 saturated heterocycles. The first-order valence-corrected chi connectivity index (χ1v) is 9.52. The summed E-state index contributed by atoms with van der Waals surface area (Å²) in [4.78, 5) is 30.1. The lowest BCUT2D eigenvalue weighted by atomic mass is 10.2. The normalized spacial score (nSPS) is 17.0. The van der Waals surface area contributed by atoms with Crippen LogP contribution in [0.2, 0.25) is 0 Å². The lowest BCUT2D eigenvalue weighted by Gasteiger charge is -2.12. The largest absolute Gasteiger partial charge is 0.490 e. The predicted octanol–water partition coefficient (Wildman–Crippen LogP) is 4.41. The zero-order valence-electron chi connectivity index (χ0n) is 15.7. The van der Waals surface area contributed by atoms with Crippen molar-refractivity contribution in [1.29, 1.82) is 0 Å². The van der Waals surface area contributed by atoms with Crippen LogP contribution in [0.3, 0.4) is 0 Å². The van der Waals surface area contributed by atoms with Gasteiger partial charge in [0.05, 0.1) is 22.3 Å². The Labute approximate surface area is 167 Å². The van der Waals surface area contributed by atoms with Crippen LogP contribution in [0.5, 0.6) is 5.75 Å². The fourth-order valence-electron chi connectivity index (χ4n) is 2.54. The van der Waals surface area contributed by atoms with Gasteiger partial charge in [-0.2, -0.15) is 0 Å². The van der Waals surface area contributed by atoms with Gasteiger partial charge >= 0.3 is 5.97 Å². The van der Waals surface area contributed by atoms with E-state index < -0.39 is 5.97 Å². The van der Waals surface area contributed by atoms with Gasteiger partial charge in [-0.3, -0.25) is 9.69 Å². The van der Waals surface area contributed by atoms with Gasteiger partial charge in [0.15, 0.2) is 5.17 Å². The van der Waals surface area contributed by atoms with E-state index in [1.807, 2.05) is 38.1 Å². The number of amidine groups is 1. The van der Waals surface area contributed by atoms with E-state index in [0.717, 1.165) is 11.3 Å². The smallest absolute Gasteiger partial charge is 0.335 e. The third-order valence-corrected chi connectivity index (χ3v) is 4.97. The van der Waals surface area contributed by atoms with E-state index in [0.29, 0.717) is 15.8 Å². The summed E-state index contributed by atoms with van der Waals surface area (Å²) in [5, 5.41) is 9.51. The van der Waals surface area contributed by atoms with Crippen molar-refractivity contribution in [1.82, 2.24) is 4.90 Å². The number of likely N-dealkylation sites (N-methyl/N-ethyl adjacent to an activating group) is 1. The molecule has 0 saturated carbocycles. The highest BCUT2D eigenvalue weighted by molar-refractivity contribution is 8.18. The molecule has 2 aromatic carbocycles. The van der Waals surface area contributed by atoms with E-state index in [1.54, 1.807) is 25.3 Å². The predicted molar refractivity (Wildman–Crippen MR) is 111 cm³/mol. The second kappa shape index (κ2) is 8.31. The van der Waals surface area contributed by atoms with E-state index in [2.05, 4.69) is 4.99 Å². The Morgan fingerprint density at radius 3 is 2.50 bits per heavy atom. The van der Waals surface area contributed by atoms with Crippen LogP contribution in [0.15, 0.2) is 58.4 Å². The number of ether oxygens (including phenoxy) is 1. The van der Waals surface area contributed by atoms with Crippen LogP contribution >= 0.6 is 11.8 Å². The van der Waals surface area contributed by atoms with Crippen LogP contribution in [0.25, 0.3) is 6.08 Å². The summed E-state index contributed by atoms with van der Waals surface area (Å²) in [7, 11) is 1.66. The van der Waals surface area contributed by atoms with E-state index >= 15 is 0 Å². The number of para-hydroxylation sites is 1. The zero-order valence-corrected chi connectivity index (χ0v) is 16.6. The number of rotatable bonds is 5. The minimum absolute atomic E-state index is 0.0278. The zero-order chi connectivity index (χ0) is 20.3. The molecule has 2 aromatic rings. The Hall–Kier alpha value is -3.06. The van der Waals surface area contributed by atoms with Gasteiger partial charge in [-0.25, -0.2) is 9.79 Å². The number of nitrogens with zero attached hydrogens (tertiary/aromatic N) is 2. The van der Waals surface area contributed by atoms with Gasteiger partial charge < -0.3 is 9.84 Å². The van der Waals surface area contributed by atoms with Gasteiger partial charge in [0, 0.05) is 12.6 Å². The molecule has 0 atom stereocenters. The number of hydrogen-bond donors (Lipinski definition) is 1. The van der Waals surface area contributed by atoms with Crippen LogP contribution in [0.4, 0.5) is 5.69 Å². The van der Waals surface area contributed by atoms with Crippen molar-refractivity contribution in [3.05, 3.63) is 64.6 Å². The van der Waals surface area contributed by atoms with Gasteiger partial charge in [0.25, 0.3) is 5.91 Å². The molecule has 1 heterocycles. The van der Waals surface area contributed by atoms with Crippen molar-refractivity contribution in [3.8, 4) is 5.75 Å². The Kier molecular flexibility index (Phi) is 5.84. The molecule has 0 spiro atoms. The van der Waals surface area contributed by atoms with Gasteiger partial charge in [-0.1, -0.05) is 18.2 Å². The van der Waals surface area contributed by atoms with Gasteiger partial charge in [-0.05, 0) is 62.0 Å². The highest BCUT2D eigenvalue weighted by atomic mass is 32.2. The standard InChI is InChI=1S/C21H20N2O4S/c1-13(2)27-17-7-5-4-6-15(17)12-18-19(24)23(3)21(28-18)22-16-10-8-14(9-11-16)20(25)26/h4-13H,1-3H3,(H,25,26)/b18-12+,22-21?. The molecule has 0 aromatic heterocycles. The van der Waals surface area contributed by atoms with Crippen molar-refractivity contribution in [3.63, 3.8) is 0 Å². The second-order valence-corrected chi connectivity index (χ2v) is 7.43. The molecule has 0 radical (unpaired) electrons. The number of hydrogen-bond acceptors (Lipinski definition) is 5. The van der Waals surface area contributed by atoms with E-state index in [1.165, 1.54) is 28.8 Å². The summed E-state index contributed by atoms with van der Waals surface area (Å²) in [6.45, 7) is 3.90. The summed E-state index contributed by atoms with van der Waals surface area (Å²) in [5.74, 6) is -0.421. The number of carbonyl (C=O) groups is 2. The molecular weight excluding hydrogens is 376 g/mol. The van der Waals surface area contributed by atoms with Crippen LogP contribution in [-0.4, -0.2) is 40.2 Å². The summed E-state index contributed by atoms with van der Waals surface area (Å²) in [6.07, 6.45) is 1.83. The average Bonchev–Trinajstić information content (AvgIpc) is 2.91. The average molecular weight is 396 g/mol. The highest BCUT2D eigenvalue weighted by Crippen LogP contribution is 2.34. The highest BCUT2D eigenvalue weighted by Gasteiger charge is 2.30. The van der Waals surface area contributed by atoms with E-state index in [-0.39, 0.29) is 17.6 Å². The quantitative estimate of drug-likeness (QED) is 0.758. The second-order valence-electron chi connectivity index (χ2n) is 6.43. The lowest BCUT2D eigenvalue weighted by molar-refractivity contribution is -0.121. The molecule has 1 N–H and O–H groups in total. The number of carbonyl (C=O) groups excluding carboxylic acids is 1. The number of aromatic carboxylic acids is 1. The van der Waals surface area contributed by atoms with Crippen molar-refractivity contribution in [2.45, 2.75) is 20.0 Å². The number of thioether (sulfide) groups is 1. The van der Waals surface area contributed by atoms with Gasteiger partial charge in [0.2, 0.25) is 0 Å². The Bertz CT molecular complexity index is 965. The maximum atomic E-state index is 12.6. The number of carboxylic acid groups (broad SMARTS) is 1. The molecule has 144 valence electrons. The van der Waals surface area contributed by atoms with E-state index in [9.17, 15) is 9.59 Å². The molecular formula is C21H20N2O4S. The van der Waals surface area contributed by atoms with E-state index in [4.69, 9.17) is 9.84 Å². The third-order valence-electron chi connectivity index (χ3n) is 3.91. The Balaban J connectivity index is 1.87. The summed E-state index contributed by atoms with van der Waals surface area (Å²) >= 11 is 1.27. The minimum Gasteiger partial charge on any atom is -0.490 e. The molecule has 1 amide bonds. The summed E-state index contributed by atoms with van der Waals surface area (Å²) in [6, 6.07) is 13.8. The number of aliphatic imine (C=N–C) groups is 1. The fourth-order valence-corrected chi connectivity index (χ4v) is 3.52. The molecule has 7 heteroatoms. The first kappa shape index (κ1) is 19.7. The number of benzene rings is 2. The Morgan fingerprint density at radius 1 is 1.18 bits per heavy atom.